The van der Waals surface area contributed by atoms with Crippen molar-refractivity contribution in [2.24, 2.45) is 21.9 Å². The summed E-state index contributed by atoms with van der Waals surface area (Å²) in [5, 5.41) is 5.08. The zero-order chi connectivity index (χ0) is 14.6. The first kappa shape index (κ1) is 14.7. The average Bonchev–Trinajstić information content (AvgIpc) is 2.67. The van der Waals surface area contributed by atoms with Crippen molar-refractivity contribution in [3.05, 3.63) is 0 Å². The molecule has 2 fully saturated rings. The molecule has 1 saturated carbocycles. The van der Waals surface area contributed by atoms with Crippen molar-refractivity contribution in [3.8, 4) is 0 Å². The normalized spacial score (nSPS) is 27.3. The fraction of sp³-hybridized carbons (Fsp3) is 0.917. The summed E-state index contributed by atoms with van der Waals surface area (Å²) in [4.78, 5) is 14.2. The summed E-state index contributed by atoms with van der Waals surface area (Å²) in [7, 11) is -3.63. The first-order chi connectivity index (χ1) is 8.49. The molecule has 2 rings (SSSR count). The maximum absolute atomic E-state index is 12.5. The third-order valence-corrected chi connectivity index (χ3v) is 6.26. The topological polar surface area (TPSA) is 83.7 Å². The third-order valence-electron chi connectivity index (χ3n) is 5.18. The average molecular weight is 289 g/mol. The van der Waals surface area contributed by atoms with Gasteiger partial charge in [0.05, 0.1) is 0 Å². The second-order valence-electron chi connectivity index (χ2n) is 6.65. The van der Waals surface area contributed by atoms with Crippen molar-refractivity contribution >= 4 is 16.1 Å². The Hall–Kier alpha value is -0.660. The first-order valence-electron chi connectivity index (χ1n) is 6.56. The van der Waals surface area contributed by atoms with Crippen molar-refractivity contribution in [1.29, 1.82) is 0 Å². The fourth-order valence-corrected chi connectivity index (χ4v) is 3.83. The molecule has 2 aliphatic rings. The van der Waals surface area contributed by atoms with Crippen molar-refractivity contribution < 1.29 is 13.2 Å². The molecule has 0 bridgehead atoms. The minimum absolute atomic E-state index is 0.0150. The first-order valence-corrected chi connectivity index (χ1v) is 8.06. The summed E-state index contributed by atoms with van der Waals surface area (Å²) >= 11 is 0. The predicted octanol–water partition coefficient (Wildman–Crippen LogP) is 0.0163. The zero-order valence-corrected chi connectivity index (χ0v) is 12.8. The maximum Gasteiger partial charge on any atom is 0.277 e. The standard InChI is InChI=1S/C12H23N3O3S/c1-11(2)9(12(11,3)4)10(16)14-5-7-15(8-6-14)19(13,17)18/h9H,5-8H2,1-4H3,(H2,13,17,18). The van der Waals surface area contributed by atoms with E-state index >= 15 is 0 Å². The number of amides is 1. The van der Waals surface area contributed by atoms with Gasteiger partial charge in [0, 0.05) is 32.1 Å². The van der Waals surface area contributed by atoms with Crippen LogP contribution in [0, 0.1) is 16.7 Å². The van der Waals surface area contributed by atoms with E-state index in [1.807, 2.05) is 0 Å². The molecule has 0 aromatic rings. The number of carbonyl (C=O) groups is 1. The molecular weight excluding hydrogens is 266 g/mol. The lowest BCUT2D eigenvalue weighted by atomic mass is 10.0. The molecular formula is C12H23N3O3S. The van der Waals surface area contributed by atoms with Gasteiger partial charge in [-0.3, -0.25) is 4.79 Å². The molecule has 1 aliphatic heterocycles. The van der Waals surface area contributed by atoms with Crippen LogP contribution in [0.5, 0.6) is 0 Å². The molecule has 7 heteroatoms. The van der Waals surface area contributed by atoms with Crippen molar-refractivity contribution in [3.63, 3.8) is 0 Å². The van der Waals surface area contributed by atoms with Gasteiger partial charge in [-0.15, -0.1) is 0 Å². The van der Waals surface area contributed by atoms with Crippen LogP contribution in [-0.2, 0) is 15.0 Å². The molecule has 110 valence electrons. The Kier molecular flexibility index (Phi) is 3.23. The molecule has 0 aromatic carbocycles. The summed E-state index contributed by atoms with van der Waals surface area (Å²) in [6.07, 6.45) is 0. The van der Waals surface area contributed by atoms with Crippen LogP contribution in [0.15, 0.2) is 0 Å². The van der Waals surface area contributed by atoms with Gasteiger partial charge in [-0.05, 0) is 10.8 Å². The molecule has 0 radical (unpaired) electrons. The minimum atomic E-state index is -3.63. The van der Waals surface area contributed by atoms with Crippen LogP contribution in [0.3, 0.4) is 0 Å². The highest BCUT2D eigenvalue weighted by atomic mass is 32.2. The number of nitrogens with two attached hydrogens (primary N) is 1. The Labute approximate surface area is 115 Å². The molecule has 1 amide bonds. The summed E-state index contributed by atoms with van der Waals surface area (Å²) in [6, 6.07) is 0. The van der Waals surface area contributed by atoms with Crippen molar-refractivity contribution in [2.75, 3.05) is 26.2 Å². The van der Waals surface area contributed by atoms with Gasteiger partial charge in [0.15, 0.2) is 0 Å². The molecule has 0 spiro atoms. The SMILES string of the molecule is CC1(C)C(C(=O)N2CCN(S(N)(=O)=O)CC2)C1(C)C. The highest BCUT2D eigenvalue weighted by molar-refractivity contribution is 7.86. The predicted molar refractivity (Wildman–Crippen MR) is 72.3 cm³/mol. The Morgan fingerprint density at radius 2 is 1.47 bits per heavy atom. The lowest BCUT2D eigenvalue weighted by Gasteiger charge is -2.33. The van der Waals surface area contributed by atoms with E-state index < -0.39 is 10.2 Å². The fourth-order valence-electron chi connectivity index (χ4n) is 3.16. The van der Waals surface area contributed by atoms with E-state index in [0.717, 1.165) is 0 Å². The second kappa shape index (κ2) is 4.17. The Bertz CT molecular complexity index is 476. The Balaban J connectivity index is 1.99. The van der Waals surface area contributed by atoms with E-state index in [-0.39, 0.29) is 35.7 Å². The van der Waals surface area contributed by atoms with Crippen molar-refractivity contribution in [2.45, 2.75) is 27.7 Å². The van der Waals surface area contributed by atoms with E-state index in [9.17, 15) is 13.2 Å². The number of rotatable bonds is 2. The molecule has 2 N–H and O–H groups in total. The molecule has 1 heterocycles. The van der Waals surface area contributed by atoms with Crippen LogP contribution in [0.4, 0.5) is 0 Å². The van der Waals surface area contributed by atoms with Gasteiger partial charge in [-0.25, -0.2) is 5.14 Å². The highest BCUT2D eigenvalue weighted by Crippen LogP contribution is 2.68. The second-order valence-corrected chi connectivity index (χ2v) is 8.19. The lowest BCUT2D eigenvalue weighted by Crippen LogP contribution is -2.52. The van der Waals surface area contributed by atoms with E-state index in [1.54, 1.807) is 4.90 Å². The van der Waals surface area contributed by atoms with E-state index in [1.165, 1.54) is 4.31 Å². The van der Waals surface area contributed by atoms with E-state index in [2.05, 4.69) is 27.7 Å². The minimum Gasteiger partial charge on any atom is -0.340 e. The quantitative estimate of drug-likeness (QED) is 0.777. The third kappa shape index (κ3) is 2.28. The molecule has 1 aliphatic carbocycles. The van der Waals surface area contributed by atoms with Crippen LogP contribution >= 0.6 is 0 Å². The summed E-state index contributed by atoms with van der Waals surface area (Å²) in [5.41, 5.74) is 0.0301. The van der Waals surface area contributed by atoms with Gasteiger partial charge >= 0.3 is 0 Å². The van der Waals surface area contributed by atoms with Crippen LogP contribution in [0.25, 0.3) is 0 Å². The molecule has 19 heavy (non-hydrogen) atoms. The van der Waals surface area contributed by atoms with E-state index in [0.29, 0.717) is 13.1 Å². The van der Waals surface area contributed by atoms with Gasteiger partial charge < -0.3 is 4.90 Å². The van der Waals surface area contributed by atoms with Gasteiger partial charge in [0.1, 0.15) is 0 Å². The van der Waals surface area contributed by atoms with Gasteiger partial charge in [-0.1, -0.05) is 27.7 Å². The largest absolute Gasteiger partial charge is 0.340 e. The molecule has 1 saturated heterocycles. The van der Waals surface area contributed by atoms with Crippen LogP contribution < -0.4 is 5.14 Å². The number of nitrogens with zero attached hydrogens (tertiary/aromatic N) is 2. The van der Waals surface area contributed by atoms with Crippen LogP contribution in [0.2, 0.25) is 0 Å². The molecule has 0 unspecified atom stereocenters. The van der Waals surface area contributed by atoms with Gasteiger partial charge in [0.25, 0.3) is 10.2 Å². The smallest absolute Gasteiger partial charge is 0.277 e. The van der Waals surface area contributed by atoms with Crippen LogP contribution in [-0.4, -0.2) is 49.7 Å². The number of carbonyl (C=O) groups excluding carboxylic acids is 1. The van der Waals surface area contributed by atoms with Crippen LogP contribution in [0.1, 0.15) is 27.7 Å². The summed E-state index contributed by atoms with van der Waals surface area (Å²) in [5.74, 6) is 0.171. The Morgan fingerprint density at radius 3 is 1.79 bits per heavy atom. The molecule has 0 aromatic heterocycles. The Morgan fingerprint density at radius 1 is 1.05 bits per heavy atom. The lowest BCUT2D eigenvalue weighted by molar-refractivity contribution is -0.135. The maximum atomic E-state index is 12.5. The monoisotopic (exact) mass is 289 g/mol. The number of hydrogen-bond acceptors (Lipinski definition) is 3. The van der Waals surface area contributed by atoms with Gasteiger partial charge in [-0.2, -0.15) is 12.7 Å². The van der Waals surface area contributed by atoms with Gasteiger partial charge in [0.2, 0.25) is 5.91 Å². The van der Waals surface area contributed by atoms with Crippen molar-refractivity contribution in [1.82, 2.24) is 9.21 Å². The zero-order valence-electron chi connectivity index (χ0n) is 12.0. The highest BCUT2D eigenvalue weighted by Gasteiger charge is 2.68. The summed E-state index contributed by atoms with van der Waals surface area (Å²) < 4.78 is 23.7. The number of hydrogen-bond donors (Lipinski definition) is 1. The molecule has 6 nitrogen and oxygen atoms in total. The number of piperazine rings is 1. The summed E-state index contributed by atoms with van der Waals surface area (Å²) in [6.45, 7) is 9.87. The molecule has 0 atom stereocenters. The van der Waals surface area contributed by atoms with E-state index in [4.69, 9.17) is 5.14 Å².